The smallest absolute Gasteiger partial charge is 0.281 e. The van der Waals surface area contributed by atoms with Crippen molar-refractivity contribution in [2.24, 2.45) is 0 Å². The Balaban J connectivity index is 2.21. The largest absolute Gasteiger partial charge is 0.497 e. The highest BCUT2D eigenvalue weighted by atomic mass is 79.9. The molecule has 0 spiro atoms. The predicted octanol–water partition coefficient (Wildman–Crippen LogP) is 5.02. The van der Waals surface area contributed by atoms with Gasteiger partial charge in [-0.2, -0.15) is 0 Å². The topological polar surface area (TPSA) is 18.5 Å². The molecule has 0 aliphatic heterocycles. The summed E-state index contributed by atoms with van der Waals surface area (Å²) in [5, 5.41) is 0. The van der Waals surface area contributed by atoms with Gasteiger partial charge in [0.05, 0.1) is 7.11 Å². The molecule has 22 heavy (non-hydrogen) atoms. The lowest BCUT2D eigenvalue weighted by atomic mass is 9.97. The van der Waals surface area contributed by atoms with Crippen LogP contribution in [0.25, 0.3) is 0 Å². The first-order valence-corrected chi connectivity index (χ1v) is 7.54. The number of rotatable bonds is 6. The zero-order chi connectivity index (χ0) is 16.2. The van der Waals surface area contributed by atoms with Crippen LogP contribution in [0.15, 0.2) is 53.0 Å². The highest BCUT2D eigenvalue weighted by molar-refractivity contribution is 9.10. The Hall–Kier alpha value is -1.46. The zero-order valence-electron chi connectivity index (χ0n) is 12.4. The minimum absolute atomic E-state index is 0.384. The van der Waals surface area contributed by atoms with Gasteiger partial charge in [0.1, 0.15) is 11.9 Å². The lowest BCUT2D eigenvalue weighted by molar-refractivity contribution is -0.126. The van der Waals surface area contributed by atoms with E-state index in [4.69, 9.17) is 9.47 Å². The summed E-state index contributed by atoms with van der Waals surface area (Å²) in [6, 6.07) is 13.4. The second-order valence-electron chi connectivity index (χ2n) is 4.95. The van der Waals surface area contributed by atoms with Gasteiger partial charge >= 0.3 is 0 Å². The van der Waals surface area contributed by atoms with Crippen LogP contribution in [-0.2, 0) is 11.2 Å². The summed E-state index contributed by atoms with van der Waals surface area (Å²) < 4.78 is 40.1. The van der Waals surface area contributed by atoms with Crippen molar-refractivity contribution in [1.29, 1.82) is 0 Å². The van der Waals surface area contributed by atoms with Gasteiger partial charge in [0.2, 0.25) is 0 Å². The molecule has 2 nitrogen and oxygen atoms in total. The molecule has 1 atom stereocenters. The van der Waals surface area contributed by atoms with E-state index in [1.807, 2.05) is 0 Å². The molecule has 0 radical (unpaired) electrons. The van der Waals surface area contributed by atoms with E-state index in [9.17, 15) is 8.78 Å². The van der Waals surface area contributed by atoms with E-state index < -0.39 is 12.0 Å². The molecule has 2 aromatic carbocycles. The second kappa shape index (κ2) is 7.20. The lowest BCUT2D eigenvalue weighted by Gasteiger charge is -2.26. The molecule has 0 fully saturated rings. The summed E-state index contributed by atoms with van der Waals surface area (Å²) in [5.41, 5.74) is 0.981. The molecular weight excluding hydrogens is 354 g/mol. The number of benzene rings is 2. The molecule has 0 bridgehead atoms. The van der Waals surface area contributed by atoms with Crippen molar-refractivity contribution in [1.82, 2.24) is 0 Å². The van der Waals surface area contributed by atoms with E-state index in [1.54, 1.807) is 48.5 Å². The lowest BCUT2D eigenvalue weighted by Crippen LogP contribution is -2.30. The Morgan fingerprint density at radius 3 is 2.09 bits per heavy atom. The molecule has 0 saturated heterocycles. The van der Waals surface area contributed by atoms with Gasteiger partial charge < -0.3 is 9.47 Å². The number of hydrogen-bond donors (Lipinski definition) is 0. The highest BCUT2D eigenvalue weighted by Gasteiger charge is 2.41. The highest BCUT2D eigenvalue weighted by Crippen LogP contribution is 2.37. The fraction of sp³-hybridized carbons (Fsp3) is 0.294. The maximum atomic E-state index is 14.6. The van der Waals surface area contributed by atoms with Gasteiger partial charge in [0.15, 0.2) is 0 Å². The van der Waals surface area contributed by atoms with E-state index in [0.29, 0.717) is 16.9 Å². The van der Waals surface area contributed by atoms with Gasteiger partial charge in [-0.05, 0) is 35.4 Å². The van der Waals surface area contributed by atoms with Crippen LogP contribution in [0, 0.1) is 0 Å². The molecular formula is C17H17BrF2O2. The van der Waals surface area contributed by atoms with Crippen LogP contribution >= 0.6 is 15.9 Å². The Kier molecular flexibility index (Phi) is 5.53. The van der Waals surface area contributed by atoms with Crippen LogP contribution in [0.2, 0.25) is 0 Å². The van der Waals surface area contributed by atoms with Crippen molar-refractivity contribution in [2.75, 3.05) is 14.2 Å². The first-order valence-electron chi connectivity index (χ1n) is 6.75. The number of hydrogen-bond acceptors (Lipinski definition) is 2. The Bertz CT molecular complexity index is 597. The maximum absolute atomic E-state index is 14.6. The quantitative estimate of drug-likeness (QED) is 0.710. The Morgan fingerprint density at radius 2 is 1.59 bits per heavy atom. The molecule has 0 aromatic heterocycles. The standard InChI is InChI=1S/C17H17BrF2O2/c1-21-15-9-5-13(6-10-15)16(22-2)17(19,20)11-12-3-7-14(18)8-4-12/h3-10,16H,11H2,1-2H3. The van der Waals surface area contributed by atoms with E-state index in [-0.39, 0.29) is 6.42 Å². The summed E-state index contributed by atoms with van der Waals surface area (Å²) >= 11 is 3.29. The normalized spacial score (nSPS) is 13.0. The van der Waals surface area contributed by atoms with Crippen LogP contribution in [-0.4, -0.2) is 20.1 Å². The maximum Gasteiger partial charge on any atom is 0.281 e. The molecule has 0 heterocycles. The molecule has 5 heteroatoms. The van der Waals surface area contributed by atoms with Crippen LogP contribution in [0.1, 0.15) is 17.2 Å². The van der Waals surface area contributed by atoms with E-state index in [2.05, 4.69) is 15.9 Å². The average molecular weight is 371 g/mol. The fourth-order valence-electron chi connectivity index (χ4n) is 2.30. The predicted molar refractivity (Wildman–Crippen MR) is 85.5 cm³/mol. The summed E-state index contributed by atoms with van der Waals surface area (Å²) in [6.07, 6.45) is -1.69. The SMILES string of the molecule is COc1ccc(C(OC)C(F)(F)Cc2ccc(Br)cc2)cc1. The molecule has 0 saturated carbocycles. The van der Waals surface area contributed by atoms with Crippen molar-refractivity contribution in [2.45, 2.75) is 18.4 Å². The molecule has 118 valence electrons. The first kappa shape index (κ1) is 16.9. The summed E-state index contributed by atoms with van der Waals surface area (Å²) in [7, 11) is 2.83. The fourth-order valence-corrected chi connectivity index (χ4v) is 2.56. The molecule has 2 aromatic rings. The van der Waals surface area contributed by atoms with Gasteiger partial charge in [-0.3, -0.25) is 0 Å². The van der Waals surface area contributed by atoms with Gasteiger partial charge in [0, 0.05) is 18.0 Å². The molecule has 0 aliphatic rings. The minimum atomic E-state index is -3.02. The monoisotopic (exact) mass is 370 g/mol. The number of alkyl halides is 2. The van der Waals surface area contributed by atoms with Crippen molar-refractivity contribution < 1.29 is 18.3 Å². The third-order valence-electron chi connectivity index (χ3n) is 3.39. The van der Waals surface area contributed by atoms with Crippen LogP contribution in [0.5, 0.6) is 5.75 Å². The Labute approximate surface area is 137 Å². The van der Waals surface area contributed by atoms with Crippen LogP contribution in [0.4, 0.5) is 8.78 Å². The average Bonchev–Trinajstić information content (AvgIpc) is 2.50. The number of ether oxygens (including phenoxy) is 2. The molecule has 1 unspecified atom stereocenters. The van der Waals surface area contributed by atoms with Crippen LogP contribution in [0.3, 0.4) is 0 Å². The Morgan fingerprint density at radius 1 is 1.00 bits per heavy atom. The van der Waals surface area contributed by atoms with Crippen LogP contribution < -0.4 is 4.74 Å². The summed E-state index contributed by atoms with van der Waals surface area (Å²) in [4.78, 5) is 0. The van der Waals surface area contributed by atoms with Gasteiger partial charge in [-0.15, -0.1) is 0 Å². The third kappa shape index (κ3) is 4.05. The number of halogens is 3. The van der Waals surface area contributed by atoms with Crippen molar-refractivity contribution in [3.63, 3.8) is 0 Å². The third-order valence-corrected chi connectivity index (χ3v) is 3.92. The van der Waals surface area contributed by atoms with Crippen molar-refractivity contribution in [3.8, 4) is 5.75 Å². The van der Waals surface area contributed by atoms with Crippen molar-refractivity contribution in [3.05, 3.63) is 64.1 Å². The van der Waals surface area contributed by atoms with Gasteiger partial charge in [-0.1, -0.05) is 40.2 Å². The van der Waals surface area contributed by atoms with Gasteiger partial charge in [-0.25, -0.2) is 8.78 Å². The second-order valence-corrected chi connectivity index (χ2v) is 5.87. The van der Waals surface area contributed by atoms with E-state index in [0.717, 1.165) is 4.47 Å². The summed E-state index contributed by atoms with van der Waals surface area (Å²) in [6.45, 7) is 0. The van der Waals surface area contributed by atoms with E-state index >= 15 is 0 Å². The molecule has 0 N–H and O–H groups in total. The minimum Gasteiger partial charge on any atom is -0.497 e. The number of methoxy groups -OCH3 is 2. The van der Waals surface area contributed by atoms with E-state index in [1.165, 1.54) is 14.2 Å². The molecule has 2 rings (SSSR count). The van der Waals surface area contributed by atoms with Crippen molar-refractivity contribution >= 4 is 15.9 Å². The van der Waals surface area contributed by atoms with Gasteiger partial charge in [0.25, 0.3) is 5.92 Å². The zero-order valence-corrected chi connectivity index (χ0v) is 13.9. The summed E-state index contributed by atoms with van der Waals surface area (Å²) in [5.74, 6) is -2.40. The molecule has 0 aliphatic carbocycles. The molecule has 0 amide bonds. The first-order chi connectivity index (χ1) is 10.5.